The van der Waals surface area contributed by atoms with Gasteiger partial charge in [-0.15, -0.1) is 11.3 Å². The van der Waals surface area contributed by atoms with Crippen molar-refractivity contribution in [1.82, 2.24) is 4.98 Å². The lowest BCUT2D eigenvalue weighted by Crippen LogP contribution is -2.10. The highest BCUT2D eigenvalue weighted by Gasteiger charge is 2.12. The van der Waals surface area contributed by atoms with E-state index >= 15 is 0 Å². The molecule has 1 aromatic carbocycles. The topological polar surface area (TPSA) is 22.1 Å². The van der Waals surface area contributed by atoms with Gasteiger partial charge >= 0.3 is 0 Å². The maximum Gasteiger partial charge on any atom is 0.119 e. The van der Waals surface area contributed by atoms with Gasteiger partial charge in [-0.2, -0.15) is 12.6 Å². The average molecular weight is 307 g/mol. The number of benzene rings is 1. The Hall–Kier alpha value is -1.00. The summed E-state index contributed by atoms with van der Waals surface area (Å²) in [5.74, 6) is 1.68. The third-order valence-corrected chi connectivity index (χ3v) is 4.67. The second kappa shape index (κ2) is 6.64. The fraction of sp³-hybridized carbons (Fsp3) is 0.438. The molecule has 2 aromatic rings. The molecular formula is C16H21NOS2. The van der Waals surface area contributed by atoms with Crippen molar-refractivity contribution in [2.24, 2.45) is 0 Å². The number of nitrogens with zero attached hydrogens (tertiary/aromatic N) is 1. The van der Waals surface area contributed by atoms with Crippen LogP contribution in [0.25, 0.3) is 0 Å². The van der Waals surface area contributed by atoms with E-state index in [1.54, 1.807) is 11.3 Å². The van der Waals surface area contributed by atoms with Crippen molar-refractivity contribution in [3.8, 4) is 5.75 Å². The first-order chi connectivity index (χ1) is 9.49. The van der Waals surface area contributed by atoms with E-state index in [1.165, 1.54) is 10.4 Å². The number of hydrogen-bond donors (Lipinski definition) is 1. The van der Waals surface area contributed by atoms with Crippen molar-refractivity contribution in [1.29, 1.82) is 0 Å². The highest BCUT2D eigenvalue weighted by Crippen LogP contribution is 2.24. The van der Waals surface area contributed by atoms with Crippen LogP contribution in [0.3, 0.4) is 0 Å². The van der Waals surface area contributed by atoms with Gasteiger partial charge in [0, 0.05) is 23.2 Å². The van der Waals surface area contributed by atoms with Crippen LogP contribution >= 0.6 is 24.0 Å². The van der Waals surface area contributed by atoms with Crippen LogP contribution in [-0.4, -0.2) is 11.6 Å². The van der Waals surface area contributed by atoms with Gasteiger partial charge in [-0.1, -0.05) is 32.9 Å². The first kappa shape index (κ1) is 15.4. The molecule has 4 heteroatoms. The first-order valence-electron chi connectivity index (χ1n) is 6.77. The SMILES string of the molecule is CC(C)(C)c1ccc(OCCc2ncc(CS)s2)cc1. The lowest BCUT2D eigenvalue weighted by Gasteiger charge is -2.19. The number of rotatable bonds is 5. The molecule has 1 heterocycles. The zero-order chi connectivity index (χ0) is 14.6. The Balaban J connectivity index is 1.85. The lowest BCUT2D eigenvalue weighted by molar-refractivity contribution is 0.321. The first-order valence-corrected chi connectivity index (χ1v) is 8.22. The summed E-state index contributed by atoms with van der Waals surface area (Å²) in [5.41, 5.74) is 1.51. The number of hydrogen-bond acceptors (Lipinski definition) is 4. The molecule has 0 aliphatic carbocycles. The number of thiazole rings is 1. The number of ether oxygens (including phenoxy) is 1. The largest absolute Gasteiger partial charge is 0.493 e. The molecule has 0 aliphatic heterocycles. The van der Waals surface area contributed by atoms with Gasteiger partial charge in [0.2, 0.25) is 0 Å². The van der Waals surface area contributed by atoms with Crippen LogP contribution in [0.4, 0.5) is 0 Å². The van der Waals surface area contributed by atoms with Gasteiger partial charge in [-0.25, -0.2) is 4.98 Å². The highest BCUT2D eigenvalue weighted by atomic mass is 32.1. The molecule has 0 fully saturated rings. The van der Waals surface area contributed by atoms with Gasteiger partial charge in [0.15, 0.2) is 0 Å². The molecule has 0 spiro atoms. The van der Waals surface area contributed by atoms with E-state index in [1.807, 2.05) is 18.3 Å². The molecule has 20 heavy (non-hydrogen) atoms. The molecule has 2 rings (SSSR count). The zero-order valence-electron chi connectivity index (χ0n) is 12.2. The Kier molecular flexibility index (Phi) is 5.11. The van der Waals surface area contributed by atoms with Crippen molar-refractivity contribution in [3.63, 3.8) is 0 Å². The van der Waals surface area contributed by atoms with E-state index in [-0.39, 0.29) is 5.41 Å². The van der Waals surface area contributed by atoms with Crippen molar-refractivity contribution >= 4 is 24.0 Å². The van der Waals surface area contributed by atoms with Gasteiger partial charge < -0.3 is 4.74 Å². The Morgan fingerprint density at radius 3 is 2.45 bits per heavy atom. The molecular weight excluding hydrogens is 286 g/mol. The van der Waals surface area contributed by atoms with Gasteiger partial charge in [0.25, 0.3) is 0 Å². The average Bonchev–Trinajstić information content (AvgIpc) is 2.86. The molecule has 0 bridgehead atoms. The summed E-state index contributed by atoms with van der Waals surface area (Å²) in [6.07, 6.45) is 2.74. The second-order valence-corrected chi connectivity index (χ2v) is 7.27. The van der Waals surface area contributed by atoms with Gasteiger partial charge in [-0.05, 0) is 23.1 Å². The normalized spacial score (nSPS) is 11.6. The molecule has 0 unspecified atom stereocenters. The monoisotopic (exact) mass is 307 g/mol. The summed E-state index contributed by atoms with van der Waals surface area (Å²) in [5, 5.41) is 1.11. The maximum atomic E-state index is 5.77. The predicted molar refractivity (Wildman–Crippen MR) is 89.1 cm³/mol. The molecule has 0 saturated carbocycles. The number of thiol groups is 1. The minimum Gasteiger partial charge on any atom is -0.493 e. The summed E-state index contributed by atoms with van der Waals surface area (Å²) in [7, 11) is 0. The van der Waals surface area contributed by atoms with Gasteiger partial charge in [-0.3, -0.25) is 0 Å². The quantitative estimate of drug-likeness (QED) is 0.822. The van der Waals surface area contributed by atoms with E-state index in [4.69, 9.17) is 4.74 Å². The van der Waals surface area contributed by atoms with E-state index in [0.29, 0.717) is 6.61 Å². The van der Waals surface area contributed by atoms with Gasteiger partial charge in [0.05, 0.1) is 11.6 Å². The second-order valence-electron chi connectivity index (χ2n) is 5.75. The molecule has 0 radical (unpaired) electrons. The lowest BCUT2D eigenvalue weighted by atomic mass is 9.87. The van der Waals surface area contributed by atoms with E-state index in [0.717, 1.165) is 22.9 Å². The smallest absolute Gasteiger partial charge is 0.119 e. The van der Waals surface area contributed by atoms with Crippen molar-refractivity contribution in [3.05, 3.63) is 45.9 Å². The Morgan fingerprint density at radius 1 is 1.20 bits per heavy atom. The van der Waals surface area contributed by atoms with Crippen LogP contribution in [0.15, 0.2) is 30.5 Å². The van der Waals surface area contributed by atoms with Gasteiger partial charge in [0.1, 0.15) is 5.75 Å². The van der Waals surface area contributed by atoms with Crippen molar-refractivity contribution in [2.75, 3.05) is 6.61 Å². The zero-order valence-corrected chi connectivity index (χ0v) is 13.9. The van der Waals surface area contributed by atoms with E-state index in [2.05, 4.69) is 50.5 Å². The minimum atomic E-state index is 0.183. The fourth-order valence-corrected chi connectivity index (χ4v) is 2.88. The predicted octanol–water partition coefficient (Wildman–Crippen LogP) is 4.49. The summed E-state index contributed by atoms with van der Waals surface area (Å²) in [6.45, 7) is 7.30. The Bertz CT molecular complexity index is 540. The third-order valence-electron chi connectivity index (χ3n) is 3.06. The fourth-order valence-electron chi connectivity index (χ4n) is 1.84. The maximum absolute atomic E-state index is 5.77. The molecule has 1 aromatic heterocycles. The number of aromatic nitrogens is 1. The van der Waals surface area contributed by atoms with Crippen molar-refractivity contribution < 1.29 is 4.74 Å². The minimum absolute atomic E-state index is 0.183. The Morgan fingerprint density at radius 2 is 1.90 bits per heavy atom. The Labute approximate surface area is 130 Å². The summed E-state index contributed by atoms with van der Waals surface area (Å²) < 4.78 is 5.77. The van der Waals surface area contributed by atoms with Crippen LogP contribution in [0.2, 0.25) is 0 Å². The molecule has 0 aliphatic rings. The van der Waals surface area contributed by atoms with E-state index < -0.39 is 0 Å². The van der Waals surface area contributed by atoms with E-state index in [9.17, 15) is 0 Å². The van der Waals surface area contributed by atoms with Crippen LogP contribution in [-0.2, 0) is 17.6 Å². The molecule has 0 saturated heterocycles. The summed E-state index contributed by atoms with van der Waals surface area (Å²) in [4.78, 5) is 5.56. The van der Waals surface area contributed by atoms with Crippen LogP contribution in [0.1, 0.15) is 36.2 Å². The molecule has 0 atom stereocenters. The summed E-state index contributed by atoms with van der Waals surface area (Å²) in [6, 6.07) is 8.36. The highest BCUT2D eigenvalue weighted by molar-refractivity contribution is 7.79. The van der Waals surface area contributed by atoms with Crippen LogP contribution < -0.4 is 4.74 Å². The van der Waals surface area contributed by atoms with Crippen LogP contribution in [0, 0.1) is 0 Å². The molecule has 108 valence electrons. The third kappa shape index (κ3) is 4.25. The summed E-state index contributed by atoms with van der Waals surface area (Å²) >= 11 is 5.95. The standard InChI is InChI=1S/C16H21NOS2/c1-16(2,3)12-4-6-13(7-5-12)18-9-8-15-17-10-14(11-19)20-15/h4-7,10,19H,8-9,11H2,1-3H3. The molecule has 0 amide bonds. The van der Waals surface area contributed by atoms with Crippen LogP contribution in [0.5, 0.6) is 5.75 Å². The molecule has 0 N–H and O–H groups in total. The van der Waals surface area contributed by atoms with Crippen molar-refractivity contribution in [2.45, 2.75) is 38.4 Å². The molecule has 2 nitrogen and oxygen atoms in total.